The Balaban J connectivity index is 1.70. The largest absolute Gasteiger partial charge is 0.487 e. The van der Waals surface area contributed by atoms with E-state index in [1.807, 2.05) is 19.1 Å². The van der Waals surface area contributed by atoms with Crippen molar-refractivity contribution in [3.63, 3.8) is 0 Å². The number of hydrogen-bond acceptors (Lipinski definition) is 6. The van der Waals surface area contributed by atoms with Crippen molar-refractivity contribution in [3.05, 3.63) is 48.0 Å². The van der Waals surface area contributed by atoms with Crippen molar-refractivity contribution in [2.24, 2.45) is 11.8 Å². The summed E-state index contributed by atoms with van der Waals surface area (Å²) in [5.74, 6) is -0.0251. The molecule has 224 valence electrons. The van der Waals surface area contributed by atoms with Crippen LogP contribution in [0.15, 0.2) is 47.4 Å². The van der Waals surface area contributed by atoms with Gasteiger partial charge >= 0.3 is 0 Å². The van der Waals surface area contributed by atoms with E-state index in [1.54, 1.807) is 63.3 Å². The number of aliphatic hydroxyl groups excluding tert-OH is 1. The molecule has 1 N–H and O–H groups in total. The summed E-state index contributed by atoms with van der Waals surface area (Å²) in [6.07, 6.45) is 4.62. The topological polar surface area (TPSA) is 107 Å². The summed E-state index contributed by atoms with van der Waals surface area (Å²) in [5.41, 5.74) is 2.10. The number of rotatable bonds is 7. The number of amides is 2. The third-order valence-corrected chi connectivity index (χ3v) is 10.3. The molecule has 1 aliphatic carbocycles. The van der Waals surface area contributed by atoms with E-state index in [0.717, 1.165) is 43.2 Å². The Labute approximate surface area is 244 Å². The van der Waals surface area contributed by atoms with Crippen LogP contribution in [0.1, 0.15) is 56.3 Å². The van der Waals surface area contributed by atoms with Crippen molar-refractivity contribution >= 4 is 21.8 Å². The molecule has 0 saturated heterocycles. The average molecular weight is 586 g/mol. The fourth-order valence-corrected chi connectivity index (χ4v) is 7.53. The highest BCUT2D eigenvalue weighted by Gasteiger charge is 2.39. The molecule has 1 fully saturated rings. The molecule has 0 spiro atoms. The zero-order valence-electron chi connectivity index (χ0n) is 24.7. The first-order chi connectivity index (χ1) is 19.4. The summed E-state index contributed by atoms with van der Waals surface area (Å²) < 4.78 is 35.5. The lowest BCUT2D eigenvalue weighted by Gasteiger charge is -2.38. The predicted molar refractivity (Wildman–Crippen MR) is 158 cm³/mol. The highest BCUT2D eigenvalue weighted by molar-refractivity contribution is 7.89. The van der Waals surface area contributed by atoms with E-state index in [-0.39, 0.29) is 47.4 Å². The van der Waals surface area contributed by atoms with Gasteiger partial charge in [-0.15, -0.1) is 0 Å². The molecule has 3 atom stereocenters. The molecule has 1 aliphatic heterocycles. The number of ether oxygens (including phenoxy) is 1. The second-order valence-electron chi connectivity index (χ2n) is 11.7. The maximum absolute atomic E-state index is 13.8. The van der Waals surface area contributed by atoms with Gasteiger partial charge in [-0.3, -0.25) is 9.59 Å². The minimum Gasteiger partial charge on any atom is -0.487 e. The normalized spacial score (nSPS) is 22.0. The quantitative estimate of drug-likeness (QED) is 0.529. The molecule has 41 heavy (non-hydrogen) atoms. The molecular weight excluding hydrogens is 542 g/mol. The van der Waals surface area contributed by atoms with Crippen LogP contribution in [-0.2, 0) is 14.8 Å². The maximum Gasteiger partial charge on any atom is 0.253 e. The van der Waals surface area contributed by atoms with E-state index in [1.165, 1.54) is 9.21 Å². The average Bonchev–Trinajstić information content (AvgIpc) is 2.97. The van der Waals surface area contributed by atoms with Gasteiger partial charge < -0.3 is 19.6 Å². The van der Waals surface area contributed by atoms with Crippen LogP contribution in [0.25, 0.3) is 11.1 Å². The van der Waals surface area contributed by atoms with Crippen LogP contribution < -0.4 is 4.74 Å². The third-order valence-electron chi connectivity index (χ3n) is 8.32. The van der Waals surface area contributed by atoms with Crippen molar-refractivity contribution in [2.45, 2.75) is 63.0 Å². The number of carbonyl (C=O) groups excluding carboxylic acids is 2. The molecule has 9 nitrogen and oxygen atoms in total. The van der Waals surface area contributed by atoms with Crippen LogP contribution in [0.3, 0.4) is 0 Å². The van der Waals surface area contributed by atoms with E-state index in [0.29, 0.717) is 12.1 Å². The van der Waals surface area contributed by atoms with Crippen LogP contribution in [0.5, 0.6) is 5.75 Å². The standard InChI is InChI=1S/C31H43N3O6S/c1-21-18-34(22(2)20-35)41(38,39)29-16-15-26(23-11-13-25(14-12-23)30(36)32(3)4)17-27(29)40-28(21)19-33(5)31(37)24-9-7-6-8-10-24/h11-17,21-22,24,28,35H,6-10,18-20H2,1-5H3/t21-,22+,28-/m1/s1. The van der Waals surface area contributed by atoms with Crippen LogP contribution in [0.2, 0.25) is 0 Å². The zero-order valence-corrected chi connectivity index (χ0v) is 25.6. The molecule has 10 heteroatoms. The van der Waals surface area contributed by atoms with Gasteiger partial charge in [-0.05, 0) is 55.2 Å². The number of nitrogens with zero attached hydrogens (tertiary/aromatic N) is 3. The molecule has 1 heterocycles. The van der Waals surface area contributed by atoms with Crippen molar-refractivity contribution < 1.29 is 27.9 Å². The number of sulfonamides is 1. The second kappa shape index (κ2) is 12.9. The lowest BCUT2D eigenvalue weighted by molar-refractivity contribution is -0.136. The Hall–Kier alpha value is -2.95. The van der Waals surface area contributed by atoms with Gasteiger partial charge in [0.2, 0.25) is 15.9 Å². The Kier molecular flexibility index (Phi) is 9.77. The molecule has 2 amide bonds. The molecule has 4 rings (SSSR count). The Bertz CT molecular complexity index is 1340. The van der Waals surface area contributed by atoms with Crippen molar-refractivity contribution in [1.82, 2.24) is 14.1 Å². The van der Waals surface area contributed by atoms with Gasteiger partial charge in [0.1, 0.15) is 16.7 Å². The molecule has 0 aromatic heterocycles. The Morgan fingerprint density at radius 2 is 1.66 bits per heavy atom. The summed E-state index contributed by atoms with van der Waals surface area (Å²) in [6, 6.07) is 11.5. The lowest BCUT2D eigenvalue weighted by atomic mass is 9.88. The van der Waals surface area contributed by atoms with E-state index < -0.39 is 22.2 Å². The molecule has 2 aromatic rings. The van der Waals surface area contributed by atoms with Crippen molar-refractivity contribution in [3.8, 4) is 16.9 Å². The molecule has 0 bridgehead atoms. The van der Waals surface area contributed by atoms with Gasteiger partial charge in [0.15, 0.2) is 0 Å². The second-order valence-corrected chi connectivity index (χ2v) is 13.6. The first kappa shape index (κ1) is 31.0. The lowest BCUT2D eigenvalue weighted by Crippen LogP contribution is -2.50. The van der Waals surface area contributed by atoms with E-state index in [2.05, 4.69) is 0 Å². The highest BCUT2D eigenvalue weighted by atomic mass is 32.2. The highest BCUT2D eigenvalue weighted by Crippen LogP contribution is 2.37. The van der Waals surface area contributed by atoms with Crippen molar-refractivity contribution in [1.29, 1.82) is 0 Å². The number of carbonyl (C=O) groups is 2. The van der Waals surface area contributed by atoms with E-state index in [9.17, 15) is 23.1 Å². The first-order valence-electron chi connectivity index (χ1n) is 14.4. The van der Waals surface area contributed by atoms with Gasteiger partial charge in [0.25, 0.3) is 5.91 Å². The van der Waals surface area contributed by atoms with Gasteiger partial charge in [-0.25, -0.2) is 8.42 Å². The summed E-state index contributed by atoms with van der Waals surface area (Å²) in [6.45, 7) is 3.77. The van der Waals surface area contributed by atoms with Crippen LogP contribution >= 0.6 is 0 Å². The Morgan fingerprint density at radius 3 is 2.27 bits per heavy atom. The number of likely N-dealkylation sites (N-methyl/N-ethyl adjacent to an activating group) is 1. The van der Waals surface area contributed by atoms with Crippen LogP contribution in [0, 0.1) is 11.8 Å². The van der Waals surface area contributed by atoms with Crippen LogP contribution in [-0.4, -0.2) is 92.4 Å². The zero-order chi connectivity index (χ0) is 29.9. The minimum absolute atomic E-state index is 0.0186. The summed E-state index contributed by atoms with van der Waals surface area (Å²) in [4.78, 5) is 28.9. The SMILES string of the molecule is C[C@@H]1CN([C@@H](C)CO)S(=O)(=O)c2ccc(-c3ccc(C(=O)N(C)C)cc3)cc2O[C@@H]1CN(C)C(=O)C1CCCCC1. The fraction of sp³-hybridized carbons (Fsp3) is 0.548. The van der Waals surface area contributed by atoms with E-state index >= 15 is 0 Å². The van der Waals surface area contributed by atoms with Crippen molar-refractivity contribution in [2.75, 3.05) is 40.8 Å². The summed E-state index contributed by atoms with van der Waals surface area (Å²) >= 11 is 0. The number of benzene rings is 2. The fourth-order valence-electron chi connectivity index (χ4n) is 5.71. The third kappa shape index (κ3) is 6.76. The number of hydrogen-bond donors (Lipinski definition) is 1. The van der Waals surface area contributed by atoms with Gasteiger partial charge in [0.05, 0.1) is 13.2 Å². The molecule has 0 radical (unpaired) electrons. The molecule has 2 aliphatic rings. The smallest absolute Gasteiger partial charge is 0.253 e. The van der Waals surface area contributed by atoms with Gasteiger partial charge in [-0.1, -0.05) is 44.4 Å². The van der Waals surface area contributed by atoms with Gasteiger partial charge in [-0.2, -0.15) is 4.31 Å². The van der Waals surface area contributed by atoms with Gasteiger partial charge in [0, 0.05) is 51.1 Å². The minimum atomic E-state index is -3.98. The number of fused-ring (bicyclic) bond motifs is 1. The maximum atomic E-state index is 13.8. The Morgan fingerprint density at radius 1 is 1.02 bits per heavy atom. The first-order valence-corrected chi connectivity index (χ1v) is 15.9. The van der Waals surface area contributed by atoms with Crippen LogP contribution in [0.4, 0.5) is 0 Å². The summed E-state index contributed by atoms with van der Waals surface area (Å²) in [5, 5.41) is 9.92. The predicted octanol–water partition coefficient (Wildman–Crippen LogP) is 3.86. The summed E-state index contributed by atoms with van der Waals surface area (Å²) in [7, 11) is 1.21. The molecule has 1 saturated carbocycles. The molecule has 2 aromatic carbocycles. The molecule has 0 unspecified atom stereocenters. The monoisotopic (exact) mass is 585 g/mol. The number of aliphatic hydroxyl groups is 1. The molecular formula is C31H43N3O6S. The van der Waals surface area contributed by atoms with E-state index in [4.69, 9.17) is 4.74 Å².